The van der Waals surface area contributed by atoms with E-state index in [0.29, 0.717) is 12.5 Å². The molecule has 1 saturated heterocycles. The van der Waals surface area contributed by atoms with Crippen molar-refractivity contribution >= 4 is 6.03 Å². The molecule has 2 amide bonds. The second-order valence-electron chi connectivity index (χ2n) is 4.25. The van der Waals surface area contributed by atoms with Gasteiger partial charge in [0, 0.05) is 13.1 Å². The number of nitrogens with zero attached hydrogens (tertiary/aromatic N) is 1. The van der Waals surface area contributed by atoms with Crippen LogP contribution in [0.25, 0.3) is 0 Å². The molecule has 0 bridgehead atoms. The molecule has 0 unspecified atom stereocenters. The summed E-state index contributed by atoms with van der Waals surface area (Å²) in [5.41, 5.74) is 0. The first-order chi connectivity index (χ1) is 6.65. The van der Waals surface area contributed by atoms with E-state index in [1.807, 2.05) is 0 Å². The van der Waals surface area contributed by atoms with Gasteiger partial charge in [0.15, 0.2) is 0 Å². The van der Waals surface area contributed by atoms with E-state index in [1.54, 1.807) is 4.90 Å². The van der Waals surface area contributed by atoms with Crippen LogP contribution < -0.4 is 5.32 Å². The SMILES string of the molecule is CC(C)CNC(=O)N1CCC[C@@H]1CO. The fourth-order valence-corrected chi connectivity index (χ4v) is 1.69. The van der Waals surface area contributed by atoms with Gasteiger partial charge in [-0.05, 0) is 18.8 Å². The second-order valence-corrected chi connectivity index (χ2v) is 4.25. The lowest BCUT2D eigenvalue weighted by molar-refractivity contribution is 0.156. The molecule has 2 N–H and O–H groups in total. The molecule has 0 aromatic rings. The van der Waals surface area contributed by atoms with Gasteiger partial charge in [0.25, 0.3) is 0 Å². The molecule has 0 saturated carbocycles. The molecule has 82 valence electrons. The molecule has 0 aromatic carbocycles. The minimum Gasteiger partial charge on any atom is -0.394 e. The van der Waals surface area contributed by atoms with E-state index in [1.165, 1.54) is 0 Å². The number of urea groups is 1. The number of carbonyl (C=O) groups excluding carboxylic acids is 1. The first-order valence-corrected chi connectivity index (χ1v) is 5.30. The van der Waals surface area contributed by atoms with E-state index in [-0.39, 0.29) is 18.7 Å². The standard InChI is InChI=1S/C10H20N2O2/c1-8(2)6-11-10(14)12-5-3-4-9(12)7-13/h8-9,13H,3-7H2,1-2H3,(H,11,14)/t9-/m1/s1. The van der Waals surface area contributed by atoms with Gasteiger partial charge in [-0.1, -0.05) is 13.8 Å². The minimum absolute atomic E-state index is 0.0298. The fraction of sp³-hybridized carbons (Fsp3) is 0.900. The molecule has 0 aromatic heterocycles. The molecular formula is C10H20N2O2. The topological polar surface area (TPSA) is 52.6 Å². The molecule has 0 radical (unpaired) electrons. The second kappa shape index (κ2) is 5.20. The smallest absolute Gasteiger partial charge is 0.317 e. The first-order valence-electron chi connectivity index (χ1n) is 5.30. The third-order valence-corrected chi connectivity index (χ3v) is 2.51. The number of amides is 2. The number of carbonyl (C=O) groups is 1. The summed E-state index contributed by atoms with van der Waals surface area (Å²) in [6.07, 6.45) is 1.92. The molecule has 14 heavy (non-hydrogen) atoms. The van der Waals surface area contributed by atoms with Crippen LogP contribution in [-0.4, -0.2) is 41.8 Å². The van der Waals surface area contributed by atoms with Crippen LogP contribution in [0.5, 0.6) is 0 Å². The zero-order valence-electron chi connectivity index (χ0n) is 8.99. The Kier molecular flexibility index (Phi) is 4.20. The lowest BCUT2D eigenvalue weighted by Crippen LogP contribution is -2.45. The van der Waals surface area contributed by atoms with Crippen molar-refractivity contribution in [2.45, 2.75) is 32.7 Å². The zero-order valence-corrected chi connectivity index (χ0v) is 8.99. The van der Waals surface area contributed by atoms with Crippen LogP contribution in [0.2, 0.25) is 0 Å². The number of hydrogen-bond donors (Lipinski definition) is 2. The van der Waals surface area contributed by atoms with Crippen LogP contribution >= 0.6 is 0 Å². The highest BCUT2D eigenvalue weighted by Crippen LogP contribution is 2.16. The quantitative estimate of drug-likeness (QED) is 0.708. The Hall–Kier alpha value is -0.770. The molecule has 4 heteroatoms. The van der Waals surface area contributed by atoms with Crippen LogP contribution in [-0.2, 0) is 0 Å². The van der Waals surface area contributed by atoms with Gasteiger partial charge in [0.2, 0.25) is 0 Å². The maximum absolute atomic E-state index is 11.6. The lowest BCUT2D eigenvalue weighted by Gasteiger charge is -2.23. The average Bonchev–Trinajstić information content (AvgIpc) is 2.61. The minimum atomic E-state index is -0.0322. The van der Waals surface area contributed by atoms with Gasteiger partial charge in [-0.15, -0.1) is 0 Å². The molecule has 0 spiro atoms. The highest BCUT2D eigenvalue weighted by molar-refractivity contribution is 5.74. The Balaban J connectivity index is 2.35. The van der Waals surface area contributed by atoms with Gasteiger partial charge < -0.3 is 15.3 Å². The largest absolute Gasteiger partial charge is 0.394 e. The van der Waals surface area contributed by atoms with E-state index in [9.17, 15) is 4.79 Å². The molecule has 1 fully saturated rings. The van der Waals surface area contributed by atoms with Crippen LogP contribution in [0.1, 0.15) is 26.7 Å². The maximum atomic E-state index is 11.6. The Morgan fingerprint density at radius 3 is 2.93 bits per heavy atom. The monoisotopic (exact) mass is 200 g/mol. The van der Waals surface area contributed by atoms with Crippen molar-refractivity contribution in [2.24, 2.45) is 5.92 Å². The van der Waals surface area contributed by atoms with Crippen LogP contribution in [0.3, 0.4) is 0 Å². The van der Waals surface area contributed by atoms with Gasteiger partial charge in [-0.25, -0.2) is 4.79 Å². The summed E-state index contributed by atoms with van der Waals surface area (Å²) >= 11 is 0. The van der Waals surface area contributed by atoms with Gasteiger partial charge in [0.1, 0.15) is 0 Å². The highest BCUT2D eigenvalue weighted by atomic mass is 16.3. The summed E-state index contributed by atoms with van der Waals surface area (Å²) in [5, 5.41) is 11.9. The predicted octanol–water partition coefficient (Wildman–Crippen LogP) is 0.809. The van der Waals surface area contributed by atoms with Crippen LogP contribution in [0.4, 0.5) is 4.79 Å². The van der Waals surface area contributed by atoms with Crippen LogP contribution in [0.15, 0.2) is 0 Å². The summed E-state index contributed by atoms with van der Waals surface area (Å²) < 4.78 is 0. The summed E-state index contributed by atoms with van der Waals surface area (Å²) in [5.74, 6) is 0.467. The Labute approximate surface area is 85.3 Å². The Morgan fingerprint density at radius 2 is 2.36 bits per heavy atom. The normalized spacial score (nSPS) is 21.7. The molecule has 1 aliphatic heterocycles. The van der Waals surface area contributed by atoms with Crippen molar-refractivity contribution in [3.63, 3.8) is 0 Å². The van der Waals surface area contributed by atoms with Crippen LogP contribution in [0, 0.1) is 5.92 Å². The third-order valence-electron chi connectivity index (χ3n) is 2.51. The average molecular weight is 200 g/mol. The molecule has 1 rings (SSSR count). The van der Waals surface area contributed by atoms with Gasteiger partial charge in [-0.2, -0.15) is 0 Å². The summed E-state index contributed by atoms with van der Waals surface area (Å²) in [6.45, 7) is 5.68. The van der Waals surface area contributed by atoms with Crippen molar-refractivity contribution in [3.05, 3.63) is 0 Å². The van der Waals surface area contributed by atoms with Crippen molar-refractivity contribution in [1.29, 1.82) is 0 Å². The fourth-order valence-electron chi connectivity index (χ4n) is 1.69. The van der Waals surface area contributed by atoms with E-state index >= 15 is 0 Å². The van der Waals surface area contributed by atoms with Crippen molar-refractivity contribution in [1.82, 2.24) is 10.2 Å². The van der Waals surface area contributed by atoms with Crippen molar-refractivity contribution in [3.8, 4) is 0 Å². The van der Waals surface area contributed by atoms with E-state index in [4.69, 9.17) is 5.11 Å². The summed E-state index contributed by atoms with van der Waals surface area (Å²) in [4.78, 5) is 13.4. The molecule has 1 heterocycles. The maximum Gasteiger partial charge on any atom is 0.317 e. The number of nitrogens with one attached hydrogen (secondary N) is 1. The van der Waals surface area contributed by atoms with E-state index in [0.717, 1.165) is 19.4 Å². The third kappa shape index (κ3) is 2.87. The molecule has 4 nitrogen and oxygen atoms in total. The zero-order chi connectivity index (χ0) is 10.6. The molecule has 1 atom stereocenters. The summed E-state index contributed by atoms with van der Waals surface area (Å²) in [7, 11) is 0. The van der Waals surface area contributed by atoms with Gasteiger partial charge in [-0.3, -0.25) is 0 Å². The number of aliphatic hydroxyl groups is 1. The molecule has 0 aliphatic carbocycles. The van der Waals surface area contributed by atoms with Gasteiger partial charge in [0.05, 0.1) is 12.6 Å². The lowest BCUT2D eigenvalue weighted by atomic mass is 10.2. The van der Waals surface area contributed by atoms with Crippen molar-refractivity contribution in [2.75, 3.05) is 19.7 Å². The molecule has 1 aliphatic rings. The van der Waals surface area contributed by atoms with Crippen molar-refractivity contribution < 1.29 is 9.90 Å². The predicted molar refractivity (Wildman–Crippen MR) is 55.1 cm³/mol. The van der Waals surface area contributed by atoms with E-state index < -0.39 is 0 Å². The number of rotatable bonds is 3. The number of aliphatic hydroxyl groups excluding tert-OH is 1. The summed E-state index contributed by atoms with van der Waals surface area (Å²) in [6, 6.07) is -0.00240. The van der Waals surface area contributed by atoms with E-state index in [2.05, 4.69) is 19.2 Å². The number of hydrogen-bond acceptors (Lipinski definition) is 2. The first kappa shape index (κ1) is 11.3. The molecular weight excluding hydrogens is 180 g/mol. The number of likely N-dealkylation sites (tertiary alicyclic amines) is 1. The Bertz CT molecular complexity index is 195. The Morgan fingerprint density at radius 1 is 1.64 bits per heavy atom. The van der Waals surface area contributed by atoms with Gasteiger partial charge >= 0.3 is 6.03 Å². The highest BCUT2D eigenvalue weighted by Gasteiger charge is 2.27.